The van der Waals surface area contributed by atoms with Crippen LogP contribution in [0.4, 0.5) is 0 Å². The number of aromatic amines is 1. The highest BCUT2D eigenvalue weighted by molar-refractivity contribution is 6.22. The number of nitrogens with two attached hydrogens (primary N) is 3. The van der Waals surface area contributed by atoms with E-state index in [0.717, 1.165) is 5.56 Å². The Hall–Kier alpha value is -2.50. The molecule has 8 atom stereocenters. The highest BCUT2D eigenvalue weighted by Gasteiger charge is 2.78. The van der Waals surface area contributed by atoms with Crippen LogP contribution < -0.4 is 27.8 Å². The second-order valence-electron chi connectivity index (χ2n) is 8.48. The van der Waals surface area contributed by atoms with Crippen molar-refractivity contribution < 1.29 is 9.90 Å². The third-order valence-corrected chi connectivity index (χ3v) is 8.18. The molecule has 1 unspecified atom stereocenters. The van der Waals surface area contributed by atoms with Crippen molar-refractivity contribution in [2.45, 2.75) is 28.8 Å². The maximum Gasteiger partial charge on any atom is 0.272 e. The Bertz CT molecular complexity index is 993. The molecule has 0 radical (unpaired) electrons. The molecule has 1 amide bonds. The topological polar surface area (TPSA) is 183 Å². The minimum atomic E-state index is -1.18. The van der Waals surface area contributed by atoms with Crippen LogP contribution in [0.15, 0.2) is 22.2 Å². The predicted octanol–water partition coefficient (Wildman–Crippen LogP) is -2.46. The number of H-pyrrole nitrogens is 1. The lowest BCUT2D eigenvalue weighted by atomic mass is 9.70. The number of fused-ring (bicyclic) bond motifs is 4. The van der Waals surface area contributed by atoms with Crippen molar-refractivity contribution in [1.82, 2.24) is 20.5 Å². The van der Waals surface area contributed by atoms with Gasteiger partial charge >= 0.3 is 0 Å². The quantitative estimate of drug-likeness (QED) is 0.246. The molecule has 10 N–H and O–H groups in total. The molecule has 0 bridgehead atoms. The molecule has 2 fully saturated rings. The van der Waals surface area contributed by atoms with Crippen molar-refractivity contribution in [2.24, 2.45) is 44.9 Å². The minimum absolute atomic E-state index is 0.102. The van der Waals surface area contributed by atoms with Gasteiger partial charge in [-0.2, -0.15) is 0 Å². The summed E-state index contributed by atoms with van der Waals surface area (Å²) in [6, 6.07) is 1.39. The van der Waals surface area contributed by atoms with E-state index in [9.17, 15) is 9.90 Å². The minimum Gasteiger partial charge on any atom is -0.370 e. The number of aliphatic hydroxyl groups is 1. The number of amides is 1. The molecule has 1 saturated heterocycles. The third kappa shape index (κ3) is 1.68. The van der Waals surface area contributed by atoms with Crippen LogP contribution in [0, 0.1) is 17.8 Å². The van der Waals surface area contributed by atoms with Gasteiger partial charge in [-0.15, -0.1) is 11.6 Å². The van der Waals surface area contributed by atoms with Crippen LogP contribution in [0.5, 0.6) is 0 Å². The average molecular weight is 420 g/mol. The lowest BCUT2D eigenvalue weighted by molar-refractivity contribution is -0.0123. The summed E-state index contributed by atoms with van der Waals surface area (Å²) in [5, 5.41) is 16.9. The van der Waals surface area contributed by atoms with Crippen molar-refractivity contribution in [2.75, 3.05) is 13.1 Å². The van der Waals surface area contributed by atoms with E-state index < -0.39 is 28.8 Å². The number of rotatable bonds is 1. The zero-order valence-corrected chi connectivity index (χ0v) is 16.1. The van der Waals surface area contributed by atoms with Gasteiger partial charge in [0, 0.05) is 24.2 Å². The predicted molar refractivity (Wildman–Crippen MR) is 105 cm³/mol. The summed E-state index contributed by atoms with van der Waals surface area (Å²) < 4.78 is 0. The van der Waals surface area contributed by atoms with Gasteiger partial charge in [-0.1, -0.05) is 0 Å². The van der Waals surface area contributed by atoms with Gasteiger partial charge in [0.1, 0.15) is 22.9 Å². The number of halogens is 1. The highest BCUT2D eigenvalue weighted by atomic mass is 35.5. The molecule has 6 rings (SSSR count). The summed E-state index contributed by atoms with van der Waals surface area (Å²) in [4.78, 5) is 27.0. The van der Waals surface area contributed by atoms with Gasteiger partial charge in [-0.3, -0.25) is 4.79 Å². The molecule has 1 saturated carbocycles. The number of carbonyl (C=O) groups is 1. The average Bonchev–Trinajstić information content (AvgIpc) is 3.42. The normalized spacial score (nSPS) is 46.6. The fraction of sp³-hybridized carbons (Fsp3) is 0.588. The SMILES string of the molecule is NC[C@@H]1[C@@H]2CN3C(=O)c4[nH]ccc4[C@@H]4N=C(N)NC43[C@@H]2[C@]2(NC(N)=N[C@@H]2O)[C@@H]1Cl. The molecule has 1 aliphatic carbocycles. The maximum absolute atomic E-state index is 13.4. The third-order valence-electron chi connectivity index (χ3n) is 7.49. The zero-order chi connectivity index (χ0) is 20.3. The first-order valence-electron chi connectivity index (χ1n) is 9.60. The Morgan fingerprint density at radius 2 is 2.07 bits per heavy atom. The molecule has 5 heterocycles. The van der Waals surface area contributed by atoms with E-state index in [0.29, 0.717) is 18.8 Å². The van der Waals surface area contributed by atoms with Gasteiger partial charge in [0.2, 0.25) is 0 Å². The molecule has 154 valence electrons. The summed E-state index contributed by atoms with van der Waals surface area (Å²) in [7, 11) is 0. The molecule has 5 aliphatic rings. The van der Waals surface area contributed by atoms with E-state index in [1.165, 1.54) is 0 Å². The molecule has 1 aromatic rings. The lowest BCUT2D eigenvalue weighted by Gasteiger charge is -2.51. The summed E-state index contributed by atoms with van der Waals surface area (Å²) in [6.07, 6.45) is 0.539. The molecule has 1 aromatic heterocycles. The van der Waals surface area contributed by atoms with Crippen LogP contribution in [0.2, 0.25) is 0 Å². The van der Waals surface area contributed by atoms with E-state index in [1.54, 1.807) is 11.1 Å². The Balaban J connectivity index is 1.60. The van der Waals surface area contributed by atoms with E-state index in [4.69, 9.17) is 28.8 Å². The molecule has 12 heteroatoms. The Labute approximate surface area is 170 Å². The van der Waals surface area contributed by atoms with Crippen LogP contribution >= 0.6 is 11.6 Å². The molecular weight excluding hydrogens is 398 g/mol. The summed E-state index contributed by atoms with van der Waals surface area (Å²) in [6.45, 7) is 0.713. The Morgan fingerprint density at radius 3 is 2.76 bits per heavy atom. The zero-order valence-electron chi connectivity index (χ0n) is 15.3. The van der Waals surface area contributed by atoms with E-state index in [2.05, 4.69) is 25.6 Å². The number of carbonyl (C=O) groups excluding carboxylic acids is 1. The number of nitrogens with one attached hydrogen (secondary N) is 3. The number of nitrogens with zero attached hydrogens (tertiary/aromatic N) is 3. The molecule has 0 aromatic carbocycles. The first-order chi connectivity index (χ1) is 13.9. The molecule has 29 heavy (non-hydrogen) atoms. The van der Waals surface area contributed by atoms with Crippen LogP contribution in [-0.4, -0.2) is 68.7 Å². The van der Waals surface area contributed by atoms with Crippen molar-refractivity contribution in [3.05, 3.63) is 23.5 Å². The highest BCUT2D eigenvalue weighted by Crippen LogP contribution is 2.64. The van der Waals surface area contributed by atoms with Crippen molar-refractivity contribution in [3.8, 4) is 0 Å². The number of hydrogen-bond acceptors (Lipinski definition) is 9. The van der Waals surface area contributed by atoms with Crippen molar-refractivity contribution in [3.63, 3.8) is 0 Å². The number of hydrogen-bond donors (Lipinski definition) is 7. The number of aliphatic imine (C=N–C) groups is 2. The largest absolute Gasteiger partial charge is 0.370 e. The van der Waals surface area contributed by atoms with E-state index in [1.807, 2.05) is 6.07 Å². The summed E-state index contributed by atoms with van der Waals surface area (Å²) in [5.74, 6) is -0.446. The van der Waals surface area contributed by atoms with Crippen LogP contribution in [0.3, 0.4) is 0 Å². The van der Waals surface area contributed by atoms with Gasteiger partial charge in [-0.25, -0.2) is 9.98 Å². The standard InChI is InChI=1S/C17H22ClN9O2/c18-10-6(3-19)7-4-27-12(28)8-5(1-2-22-8)11-17(27,26-14(20)23-11)9(7)16(10)13(29)24-15(21)25-16/h1-2,6-7,9-11,13,22,29H,3-4,19H2,(H3,20,23,26)(H3,21,24,25)/t6-,7+,9+,10-,11+,13-,16+,17?/m1/s1. The number of guanidine groups is 2. The van der Waals surface area contributed by atoms with E-state index in [-0.39, 0.29) is 35.6 Å². The van der Waals surface area contributed by atoms with Crippen molar-refractivity contribution in [1.29, 1.82) is 0 Å². The molecule has 2 spiro atoms. The van der Waals surface area contributed by atoms with Crippen LogP contribution in [0.1, 0.15) is 22.1 Å². The van der Waals surface area contributed by atoms with Crippen LogP contribution in [-0.2, 0) is 0 Å². The van der Waals surface area contributed by atoms with E-state index >= 15 is 0 Å². The monoisotopic (exact) mass is 419 g/mol. The first-order valence-corrected chi connectivity index (χ1v) is 10.0. The number of aromatic nitrogens is 1. The second-order valence-corrected chi connectivity index (χ2v) is 8.95. The van der Waals surface area contributed by atoms with Gasteiger partial charge in [0.15, 0.2) is 18.1 Å². The first kappa shape index (κ1) is 17.4. The summed E-state index contributed by atoms with van der Waals surface area (Å²) >= 11 is 6.94. The Morgan fingerprint density at radius 1 is 1.31 bits per heavy atom. The lowest BCUT2D eigenvalue weighted by Crippen LogP contribution is -2.73. The summed E-state index contributed by atoms with van der Waals surface area (Å²) in [5.41, 5.74) is 17.4. The van der Waals surface area contributed by atoms with Crippen LogP contribution in [0.25, 0.3) is 0 Å². The van der Waals surface area contributed by atoms with Gasteiger partial charge in [-0.05, 0) is 24.4 Å². The maximum atomic E-state index is 13.4. The molecular formula is C17H22ClN9O2. The second kappa shape index (κ2) is 5.15. The van der Waals surface area contributed by atoms with Gasteiger partial charge in [0.25, 0.3) is 5.91 Å². The van der Waals surface area contributed by atoms with Gasteiger partial charge in [0.05, 0.1) is 5.38 Å². The van der Waals surface area contributed by atoms with Gasteiger partial charge < -0.3 is 42.8 Å². The number of alkyl halides is 1. The molecule has 4 aliphatic heterocycles. The molecule has 11 nitrogen and oxygen atoms in total. The fourth-order valence-electron chi connectivity index (χ4n) is 6.60. The smallest absolute Gasteiger partial charge is 0.272 e. The Kier molecular flexibility index (Phi) is 3.09. The fourth-order valence-corrected chi connectivity index (χ4v) is 7.19. The van der Waals surface area contributed by atoms with Crippen molar-refractivity contribution >= 4 is 29.4 Å². The number of aliphatic hydroxyl groups excluding tert-OH is 1.